The van der Waals surface area contributed by atoms with Gasteiger partial charge in [-0.1, -0.05) is 26.2 Å². The van der Waals surface area contributed by atoms with Crippen molar-refractivity contribution in [1.29, 1.82) is 0 Å². The van der Waals surface area contributed by atoms with Crippen LogP contribution in [0.1, 0.15) is 38.2 Å². The molecule has 0 radical (unpaired) electrons. The fraction of sp³-hybridized carbons (Fsp3) is 0.625. The van der Waals surface area contributed by atoms with Gasteiger partial charge in [0.05, 0.1) is 0 Å². The number of aryl methyl sites for hydroxylation is 1. The molecule has 0 spiro atoms. The minimum Gasteiger partial charge on any atom is -0.398 e. The molecule has 0 unspecified atom stereocenters. The molecule has 0 N–H and O–H groups in total. The molecule has 0 aliphatic carbocycles. The van der Waals surface area contributed by atoms with Gasteiger partial charge >= 0.3 is 8.56 Å². The maximum Gasteiger partial charge on any atom is 0.337 e. The van der Waals surface area contributed by atoms with E-state index in [0.717, 1.165) is 37.4 Å². The van der Waals surface area contributed by atoms with Crippen molar-refractivity contribution in [3.05, 3.63) is 34.9 Å². The predicted molar refractivity (Wildman–Crippen MR) is 83.5 cm³/mol. The molecule has 0 heterocycles. The number of rotatable bonds is 10. The largest absolute Gasteiger partial charge is 0.398 e. The minimum absolute atomic E-state index is 0.118. The molecule has 0 aromatic heterocycles. The van der Waals surface area contributed by atoms with E-state index in [-0.39, 0.29) is 12.0 Å². The van der Waals surface area contributed by atoms with Gasteiger partial charge in [0.1, 0.15) is 0 Å². The zero-order chi connectivity index (χ0) is 17.5. The molecule has 0 fully saturated rings. The Balaban J connectivity index is 2.39. The van der Waals surface area contributed by atoms with E-state index < -0.39 is 31.8 Å². The van der Waals surface area contributed by atoms with Gasteiger partial charge in [0.15, 0.2) is 23.3 Å². The summed E-state index contributed by atoms with van der Waals surface area (Å²) in [5.41, 5.74) is -0.118. The van der Waals surface area contributed by atoms with Gasteiger partial charge in [-0.05, 0) is 36.6 Å². The second-order valence-corrected chi connectivity index (χ2v) is 9.39. The summed E-state index contributed by atoms with van der Waals surface area (Å²) < 4.78 is 63.6. The summed E-state index contributed by atoms with van der Waals surface area (Å²) in [6.45, 7) is 2.04. The molecule has 23 heavy (non-hydrogen) atoms. The number of hydrogen-bond donors (Lipinski definition) is 0. The Bertz CT molecular complexity index is 499. The van der Waals surface area contributed by atoms with Gasteiger partial charge in [0.25, 0.3) is 0 Å². The molecule has 2 nitrogen and oxygen atoms in total. The van der Waals surface area contributed by atoms with Crippen LogP contribution in [-0.4, -0.2) is 22.8 Å². The fourth-order valence-electron chi connectivity index (χ4n) is 2.62. The van der Waals surface area contributed by atoms with Gasteiger partial charge in [0.2, 0.25) is 0 Å². The van der Waals surface area contributed by atoms with Crippen LogP contribution in [0.5, 0.6) is 0 Å². The van der Waals surface area contributed by atoms with Crippen LogP contribution in [0.15, 0.2) is 6.07 Å². The molecular formula is C16H24F4O2Si. The first-order chi connectivity index (χ1) is 10.9. The van der Waals surface area contributed by atoms with Gasteiger partial charge in [-0.25, -0.2) is 17.6 Å². The molecule has 0 aliphatic rings. The Hall–Kier alpha value is -0.923. The summed E-state index contributed by atoms with van der Waals surface area (Å²) in [7, 11) is 1.26. The summed E-state index contributed by atoms with van der Waals surface area (Å²) in [4.78, 5) is 0. The standard InChI is InChI=1S/C16H24F4O2Si/c1-4-23(21-2,22-3)10-8-6-5-7-9-12-11-13(17)15(19)16(20)14(12)18/h11H,4-10H2,1-3H3. The quantitative estimate of drug-likeness (QED) is 0.192. The SMILES string of the molecule is CC[Si](CCCCCCc1cc(F)c(F)c(F)c1F)(OC)OC. The van der Waals surface area contributed by atoms with Crippen LogP contribution in [0.25, 0.3) is 0 Å². The highest BCUT2D eigenvalue weighted by atomic mass is 28.4. The van der Waals surface area contributed by atoms with Crippen molar-refractivity contribution in [1.82, 2.24) is 0 Å². The molecule has 0 aliphatic heterocycles. The Morgan fingerprint density at radius 1 is 0.870 bits per heavy atom. The molecule has 0 saturated carbocycles. The molecule has 7 heteroatoms. The average Bonchev–Trinajstić information content (AvgIpc) is 2.57. The zero-order valence-corrected chi connectivity index (χ0v) is 14.9. The maximum absolute atomic E-state index is 13.5. The highest BCUT2D eigenvalue weighted by molar-refractivity contribution is 6.67. The van der Waals surface area contributed by atoms with Gasteiger partial charge < -0.3 is 8.85 Å². The van der Waals surface area contributed by atoms with E-state index in [1.807, 2.05) is 6.92 Å². The van der Waals surface area contributed by atoms with Crippen LogP contribution in [0.3, 0.4) is 0 Å². The highest BCUT2D eigenvalue weighted by Gasteiger charge is 2.32. The molecule has 1 aromatic rings. The van der Waals surface area contributed by atoms with E-state index in [1.165, 1.54) is 0 Å². The van der Waals surface area contributed by atoms with Crippen molar-refractivity contribution in [2.75, 3.05) is 14.2 Å². The molecule has 132 valence electrons. The van der Waals surface area contributed by atoms with Crippen LogP contribution in [0, 0.1) is 23.3 Å². The van der Waals surface area contributed by atoms with Crippen LogP contribution >= 0.6 is 0 Å². The monoisotopic (exact) mass is 352 g/mol. The van der Waals surface area contributed by atoms with Gasteiger partial charge in [0, 0.05) is 14.2 Å². The Kier molecular flexibility index (Phi) is 8.22. The Labute approximate surface area is 136 Å². The maximum atomic E-state index is 13.5. The van der Waals surface area contributed by atoms with Crippen molar-refractivity contribution >= 4 is 8.56 Å². The van der Waals surface area contributed by atoms with E-state index in [1.54, 1.807) is 14.2 Å². The molecule has 0 saturated heterocycles. The predicted octanol–water partition coefficient (Wildman–Crippen LogP) is 5.10. The van der Waals surface area contributed by atoms with Crippen LogP contribution < -0.4 is 0 Å². The summed E-state index contributed by atoms with van der Waals surface area (Å²) in [6.07, 6.45) is 3.39. The molecular weight excluding hydrogens is 328 g/mol. The third kappa shape index (κ3) is 5.29. The second kappa shape index (κ2) is 9.39. The molecule has 1 rings (SSSR count). The third-order valence-corrected chi connectivity index (χ3v) is 7.90. The summed E-state index contributed by atoms with van der Waals surface area (Å²) in [5, 5.41) is 0. The van der Waals surface area contributed by atoms with E-state index >= 15 is 0 Å². The number of halogens is 4. The first-order valence-corrected chi connectivity index (χ1v) is 10.1. The Morgan fingerprint density at radius 3 is 2.04 bits per heavy atom. The van der Waals surface area contributed by atoms with E-state index in [9.17, 15) is 17.6 Å². The van der Waals surface area contributed by atoms with E-state index in [4.69, 9.17) is 8.85 Å². The third-order valence-electron chi connectivity index (χ3n) is 4.21. The number of hydrogen-bond acceptors (Lipinski definition) is 2. The smallest absolute Gasteiger partial charge is 0.337 e. The van der Waals surface area contributed by atoms with Crippen molar-refractivity contribution in [2.45, 2.75) is 51.1 Å². The van der Waals surface area contributed by atoms with Crippen molar-refractivity contribution in [3.8, 4) is 0 Å². The van der Waals surface area contributed by atoms with Crippen molar-refractivity contribution < 1.29 is 26.4 Å². The Morgan fingerprint density at radius 2 is 1.48 bits per heavy atom. The van der Waals surface area contributed by atoms with E-state index in [2.05, 4.69) is 0 Å². The van der Waals surface area contributed by atoms with Crippen molar-refractivity contribution in [3.63, 3.8) is 0 Å². The van der Waals surface area contributed by atoms with Gasteiger partial charge in [-0.2, -0.15) is 0 Å². The first-order valence-electron chi connectivity index (χ1n) is 7.83. The summed E-state index contributed by atoms with van der Waals surface area (Å²) >= 11 is 0. The molecule has 0 amide bonds. The topological polar surface area (TPSA) is 18.5 Å². The molecule has 0 atom stereocenters. The fourth-order valence-corrected chi connectivity index (χ4v) is 4.91. The van der Waals surface area contributed by atoms with E-state index in [0.29, 0.717) is 6.42 Å². The minimum atomic E-state index is -2.07. The lowest BCUT2D eigenvalue weighted by Gasteiger charge is -2.25. The second-order valence-electron chi connectivity index (χ2n) is 5.55. The normalized spacial score (nSPS) is 12.0. The number of unbranched alkanes of at least 4 members (excludes halogenated alkanes) is 3. The molecule has 0 bridgehead atoms. The van der Waals surface area contributed by atoms with Crippen LogP contribution in [-0.2, 0) is 15.3 Å². The lowest BCUT2D eigenvalue weighted by molar-refractivity contribution is 0.241. The van der Waals surface area contributed by atoms with Crippen molar-refractivity contribution in [2.24, 2.45) is 0 Å². The van der Waals surface area contributed by atoms with Gasteiger partial charge in [-0.15, -0.1) is 0 Å². The van der Waals surface area contributed by atoms with Gasteiger partial charge in [-0.3, -0.25) is 0 Å². The van der Waals surface area contributed by atoms with Crippen LogP contribution in [0.4, 0.5) is 17.6 Å². The lowest BCUT2D eigenvalue weighted by atomic mass is 10.1. The lowest BCUT2D eigenvalue weighted by Crippen LogP contribution is -2.38. The van der Waals surface area contributed by atoms with Crippen LogP contribution in [0.2, 0.25) is 12.1 Å². The number of benzene rings is 1. The summed E-state index contributed by atoms with van der Waals surface area (Å²) in [5.74, 6) is -6.14. The molecule has 1 aromatic carbocycles. The zero-order valence-electron chi connectivity index (χ0n) is 13.9. The summed E-state index contributed by atoms with van der Waals surface area (Å²) in [6, 6.07) is 2.49. The first kappa shape index (κ1) is 20.1. The highest BCUT2D eigenvalue weighted by Crippen LogP contribution is 2.23. The average molecular weight is 352 g/mol.